The van der Waals surface area contributed by atoms with Crippen LogP contribution in [0.5, 0.6) is 0 Å². The van der Waals surface area contributed by atoms with Crippen LogP contribution in [0.4, 0.5) is 0 Å². The zero-order valence-electron chi connectivity index (χ0n) is 12.1. The Morgan fingerprint density at radius 3 is 2.47 bits per heavy atom. The summed E-state index contributed by atoms with van der Waals surface area (Å²) in [5.74, 6) is 0.890. The SMILES string of the molecule is CC1CN(C2CCCCC2C(C)(C)C)CCN1. The Bertz CT molecular complexity index is 244. The lowest BCUT2D eigenvalue weighted by Crippen LogP contribution is -2.56. The lowest BCUT2D eigenvalue weighted by Gasteiger charge is -2.48. The van der Waals surface area contributed by atoms with Crippen molar-refractivity contribution in [3.63, 3.8) is 0 Å². The molecule has 100 valence electrons. The Balaban J connectivity index is 2.05. The van der Waals surface area contributed by atoms with E-state index in [9.17, 15) is 0 Å². The van der Waals surface area contributed by atoms with E-state index in [1.807, 2.05) is 0 Å². The predicted octanol–water partition coefficient (Wildman–Crippen LogP) is 2.89. The maximum Gasteiger partial charge on any atom is 0.0167 e. The van der Waals surface area contributed by atoms with Crippen molar-refractivity contribution in [3.05, 3.63) is 0 Å². The highest BCUT2D eigenvalue weighted by molar-refractivity contribution is 4.92. The molecule has 2 rings (SSSR count). The van der Waals surface area contributed by atoms with Gasteiger partial charge >= 0.3 is 0 Å². The lowest BCUT2D eigenvalue weighted by atomic mass is 9.69. The molecule has 0 aromatic carbocycles. The van der Waals surface area contributed by atoms with Gasteiger partial charge in [0.1, 0.15) is 0 Å². The van der Waals surface area contributed by atoms with E-state index in [1.165, 1.54) is 45.3 Å². The molecule has 3 unspecified atom stereocenters. The number of nitrogens with zero attached hydrogens (tertiary/aromatic N) is 1. The van der Waals surface area contributed by atoms with Crippen LogP contribution in [-0.4, -0.2) is 36.6 Å². The van der Waals surface area contributed by atoms with Gasteiger partial charge in [0.25, 0.3) is 0 Å². The first-order valence-corrected chi connectivity index (χ1v) is 7.46. The minimum atomic E-state index is 0.471. The van der Waals surface area contributed by atoms with Crippen molar-refractivity contribution in [2.45, 2.75) is 65.5 Å². The summed E-state index contributed by atoms with van der Waals surface area (Å²) >= 11 is 0. The molecule has 2 heteroatoms. The van der Waals surface area contributed by atoms with Gasteiger partial charge in [0.05, 0.1) is 0 Å². The summed E-state index contributed by atoms with van der Waals surface area (Å²) in [6.45, 7) is 13.3. The molecule has 0 radical (unpaired) electrons. The molecule has 3 atom stereocenters. The van der Waals surface area contributed by atoms with Crippen molar-refractivity contribution in [3.8, 4) is 0 Å². The molecule has 1 N–H and O–H groups in total. The van der Waals surface area contributed by atoms with E-state index in [-0.39, 0.29) is 0 Å². The number of rotatable bonds is 1. The normalized spacial score (nSPS) is 37.1. The zero-order valence-corrected chi connectivity index (χ0v) is 12.1. The fourth-order valence-corrected chi connectivity index (χ4v) is 3.82. The molecule has 0 aromatic rings. The molecule has 2 nitrogen and oxygen atoms in total. The van der Waals surface area contributed by atoms with Crippen molar-refractivity contribution < 1.29 is 0 Å². The van der Waals surface area contributed by atoms with Gasteiger partial charge in [-0.2, -0.15) is 0 Å². The van der Waals surface area contributed by atoms with Gasteiger partial charge in [0, 0.05) is 31.7 Å². The second-order valence-electron chi connectivity index (χ2n) is 7.17. The third-order valence-electron chi connectivity index (χ3n) is 4.71. The van der Waals surface area contributed by atoms with Crippen LogP contribution in [0.3, 0.4) is 0 Å². The molecular formula is C15H30N2. The third kappa shape index (κ3) is 3.23. The summed E-state index contributed by atoms with van der Waals surface area (Å²) in [6, 6.07) is 1.51. The van der Waals surface area contributed by atoms with Gasteiger partial charge in [-0.25, -0.2) is 0 Å². The summed E-state index contributed by atoms with van der Waals surface area (Å²) in [5.41, 5.74) is 0.471. The highest BCUT2D eigenvalue weighted by atomic mass is 15.2. The summed E-state index contributed by atoms with van der Waals surface area (Å²) < 4.78 is 0. The topological polar surface area (TPSA) is 15.3 Å². The second kappa shape index (κ2) is 5.27. The number of hydrogen-bond acceptors (Lipinski definition) is 2. The van der Waals surface area contributed by atoms with Gasteiger partial charge < -0.3 is 5.32 Å². The third-order valence-corrected chi connectivity index (χ3v) is 4.71. The number of nitrogens with one attached hydrogen (secondary N) is 1. The summed E-state index contributed by atoms with van der Waals surface area (Å²) in [6.07, 6.45) is 5.75. The number of hydrogen-bond donors (Lipinski definition) is 1. The van der Waals surface area contributed by atoms with Crippen LogP contribution in [0.1, 0.15) is 53.4 Å². The van der Waals surface area contributed by atoms with E-state index < -0.39 is 0 Å². The van der Waals surface area contributed by atoms with E-state index in [1.54, 1.807) is 0 Å². The van der Waals surface area contributed by atoms with E-state index in [0.717, 1.165) is 12.0 Å². The largest absolute Gasteiger partial charge is 0.312 e. The maximum absolute atomic E-state index is 3.56. The minimum Gasteiger partial charge on any atom is -0.312 e. The Labute approximate surface area is 107 Å². The van der Waals surface area contributed by atoms with Crippen molar-refractivity contribution >= 4 is 0 Å². The molecular weight excluding hydrogens is 208 g/mol. The first-order valence-electron chi connectivity index (χ1n) is 7.46. The molecule has 2 aliphatic rings. The Kier molecular flexibility index (Phi) is 4.14. The smallest absolute Gasteiger partial charge is 0.0167 e. The minimum absolute atomic E-state index is 0.471. The molecule has 1 aliphatic heterocycles. The molecule has 1 aliphatic carbocycles. The van der Waals surface area contributed by atoms with Gasteiger partial charge in [0.15, 0.2) is 0 Å². The van der Waals surface area contributed by atoms with Crippen LogP contribution in [0, 0.1) is 11.3 Å². The monoisotopic (exact) mass is 238 g/mol. The fourth-order valence-electron chi connectivity index (χ4n) is 3.82. The van der Waals surface area contributed by atoms with Crippen LogP contribution in [0.25, 0.3) is 0 Å². The van der Waals surface area contributed by atoms with Crippen molar-refractivity contribution in [2.24, 2.45) is 11.3 Å². The number of piperazine rings is 1. The van der Waals surface area contributed by atoms with E-state index >= 15 is 0 Å². The molecule has 0 amide bonds. The molecule has 17 heavy (non-hydrogen) atoms. The standard InChI is InChI=1S/C15H30N2/c1-12-11-17(10-9-16-12)14-8-6-5-7-13(14)15(2,3)4/h12-14,16H,5-11H2,1-4H3. The fraction of sp³-hybridized carbons (Fsp3) is 1.00. The maximum atomic E-state index is 3.56. The van der Waals surface area contributed by atoms with Crippen molar-refractivity contribution in [1.29, 1.82) is 0 Å². The van der Waals surface area contributed by atoms with Gasteiger partial charge in [0.2, 0.25) is 0 Å². The summed E-state index contributed by atoms with van der Waals surface area (Å²) in [4.78, 5) is 2.77. The molecule has 0 aromatic heterocycles. The average molecular weight is 238 g/mol. The van der Waals surface area contributed by atoms with Gasteiger partial charge in [-0.15, -0.1) is 0 Å². The van der Waals surface area contributed by atoms with Gasteiger partial charge in [-0.1, -0.05) is 33.6 Å². The molecule has 1 saturated carbocycles. The zero-order chi connectivity index (χ0) is 12.5. The Morgan fingerprint density at radius 2 is 1.82 bits per heavy atom. The molecule has 1 heterocycles. The Morgan fingerprint density at radius 1 is 1.12 bits per heavy atom. The first kappa shape index (κ1) is 13.4. The van der Waals surface area contributed by atoms with E-state index in [0.29, 0.717) is 11.5 Å². The van der Waals surface area contributed by atoms with Crippen molar-refractivity contribution in [1.82, 2.24) is 10.2 Å². The highest BCUT2D eigenvalue weighted by Gasteiger charge is 2.38. The van der Waals surface area contributed by atoms with Crippen molar-refractivity contribution in [2.75, 3.05) is 19.6 Å². The van der Waals surface area contributed by atoms with Gasteiger partial charge in [-0.05, 0) is 31.1 Å². The first-order chi connectivity index (χ1) is 7.98. The van der Waals surface area contributed by atoms with Crippen LogP contribution in [-0.2, 0) is 0 Å². The molecule has 0 spiro atoms. The predicted molar refractivity (Wildman–Crippen MR) is 74.2 cm³/mol. The van der Waals surface area contributed by atoms with Crippen LogP contribution in [0.2, 0.25) is 0 Å². The van der Waals surface area contributed by atoms with Crippen LogP contribution in [0.15, 0.2) is 0 Å². The summed E-state index contributed by atoms with van der Waals surface area (Å²) in [7, 11) is 0. The second-order valence-corrected chi connectivity index (χ2v) is 7.17. The van der Waals surface area contributed by atoms with Gasteiger partial charge in [-0.3, -0.25) is 4.90 Å². The summed E-state index contributed by atoms with van der Waals surface area (Å²) in [5, 5.41) is 3.56. The Hall–Kier alpha value is -0.0800. The molecule has 2 fully saturated rings. The quantitative estimate of drug-likeness (QED) is 0.755. The average Bonchev–Trinajstić information content (AvgIpc) is 2.28. The lowest BCUT2D eigenvalue weighted by molar-refractivity contribution is 0.0265. The van der Waals surface area contributed by atoms with Crippen LogP contribution < -0.4 is 5.32 Å². The highest BCUT2D eigenvalue weighted by Crippen LogP contribution is 2.40. The molecule has 1 saturated heterocycles. The van der Waals surface area contributed by atoms with Crippen LogP contribution >= 0.6 is 0 Å². The molecule has 0 bridgehead atoms. The van der Waals surface area contributed by atoms with E-state index in [2.05, 4.69) is 37.9 Å². The van der Waals surface area contributed by atoms with E-state index in [4.69, 9.17) is 0 Å².